The lowest BCUT2D eigenvalue weighted by molar-refractivity contribution is -0.131. The Balaban J connectivity index is 1.67. The monoisotopic (exact) mass is 421 g/mol. The van der Waals surface area contributed by atoms with Crippen LogP contribution < -0.4 is 5.32 Å². The molecule has 0 saturated heterocycles. The number of carbonyl (C=O) groups excluding carboxylic acids is 1. The summed E-state index contributed by atoms with van der Waals surface area (Å²) < 4.78 is 0. The van der Waals surface area contributed by atoms with E-state index in [2.05, 4.69) is 17.4 Å². The molecule has 158 valence electrons. The summed E-state index contributed by atoms with van der Waals surface area (Å²) in [5.74, 6) is -1.25. The number of benzene rings is 4. The Bertz CT molecular complexity index is 1320. The van der Waals surface area contributed by atoms with Crippen LogP contribution in [-0.4, -0.2) is 17.0 Å². The lowest BCUT2D eigenvalue weighted by Gasteiger charge is -2.11. The summed E-state index contributed by atoms with van der Waals surface area (Å²) in [6.45, 7) is 2.44. The Morgan fingerprint density at radius 1 is 0.844 bits per heavy atom. The fourth-order valence-electron chi connectivity index (χ4n) is 3.57. The van der Waals surface area contributed by atoms with E-state index in [9.17, 15) is 9.59 Å². The zero-order valence-corrected chi connectivity index (χ0v) is 17.7. The molecule has 0 spiro atoms. The minimum atomic E-state index is -1.04. The van der Waals surface area contributed by atoms with Crippen molar-refractivity contribution in [3.63, 3.8) is 0 Å². The van der Waals surface area contributed by atoms with Crippen molar-refractivity contribution in [1.82, 2.24) is 5.32 Å². The van der Waals surface area contributed by atoms with E-state index in [-0.39, 0.29) is 5.91 Å². The van der Waals surface area contributed by atoms with Crippen molar-refractivity contribution in [3.8, 4) is 11.1 Å². The van der Waals surface area contributed by atoms with Crippen LogP contribution >= 0.6 is 0 Å². The van der Waals surface area contributed by atoms with Gasteiger partial charge in [-0.1, -0.05) is 66.2 Å². The van der Waals surface area contributed by atoms with Gasteiger partial charge in [0.1, 0.15) is 0 Å². The fourth-order valence-corrected chi connectivity index (χ4v) is 3.57. The molecule has 0 bridgehead atoms. The molecule has 2 N–H and O–H groups in total. The zero-order valence-electron chi connectivity index (χ0n) is 17.7. The molecule has 0 heterocycles. The van der Waals surface area contributed by atoms with E-state index in [0.717, 1.165) is 39.1 Å². The highest BCUT2D eigenvalue weighted by molar-refractivity contribution is 5.97. The average molecular weight is 421 g/mol. The summed E-state index contributed by atoms with van der Waals surface area (Å²) in [5.41, 5.74) is 5.12. The largest absolute Gasteiger partial charge is 0.478 e. The van der Waals surface area contributed by atoms with E-state index in [0.29, 0.717) is 17.7 Å². The molecular weight excluding hydrogens is 398 g/mol. The molecule has 0 radical (unpaired) electrons. The number of fused-ring (bicyclic) bond motifs is 1. The molecule has 0 aliphatic rings. The molecule has 0 atom stereocenters. The molecule has 1 amide bonds. The second-order valence-electron chi connectivity index (χ2n) is 7.75. The lowest BCUT2D eigenvalue weighted by atomic mass is 9.97. The number of carbonyl (C=O) groups is 2. The van der Waals surface area contributed by atoms with Crippen molar-refractivity contribution in [1.29, 1.82) is 0 Å². The van der Waals surface area contributed by atoms with Gasteiger partial charge in [-0.15, -0.1) is 0 Å². The summed E-state index contributed by atoms with van der Waals surface area (Å²) in [5, 5.41) is 14.2. The summed E-state index contributed by atoms with van der Waals surface area (Å²) in [4.78, 5) is 23.9. The van der Waals surface area contributed by atoms with Gasteiger partial charge in [0, 0.05) is 18.2 Å². The van der Waals surface area contributed by atoms with E-state index in [4.69, 9.17) is 5.11 Å². The number of carboxylic acid groups (broad SMARTS) is 1. The third kappa shape index (κ3) is 5.10. The summed E-state index contributed by atoms with van der Waals surface area (Å²) >= 11 is 0. The molecule has 0 aromatic heterocycles. The Morgan fingerprint density at radius 3 is 2.34 bits per heavy atom. The van der Waals surface area contributed by atoms with Crippen LogP contribution in [0.4, 0.5) is 0 Å². The number of nitrogens with one attached hydrogen (secondary N) is 1. The van der Waals surface area contributed by atoms with Gasteiger partial charge in [-0.05, 0) is 70.3 Å². The minimum absolute atomic E-state index is 0.210. The van der Waals surface area contributed by atoms with Crippen LogP contribution in [0.3, 0.4) is 0 Å². The van der Waals surface area contributed by atoms with Crippen LogP contribution in [-0.2, 0) is 11.3 Å². The van der Waals surface area contributed by atoms with Gasteiger partial charge in [0.25, 0.3) is 5.91 Å². The number of hydrogen-bond acceptors (Lipinski definition) is 2. The van der Waals surface area contributed by atoms with Crippen LogP contribution in [0.1, 0.15) is 27.0 Å². The number of rotatable bonds is 6. The van der Waals surface area contributed by atoms with Crippen molar-refractivity contribution in [2.75, 3.05) is 0 Å². The van der Waals surface area contributed by atoms with Crippen molar-refractivity contribution in [3.05, 3.63) is 113 Å². The molecule has 0 unspecified atom stereocenters. The van der Waals surface area contributed by atoms with Crippen LogP contribution in [0.5, 0.6) is 0 Å². The van der Waals surface area contributed by atoms with Crippen LogP contribution in [0.15, 0.2) is 91.0 Å². The molecule has 0 fully saturated rings. The van der Waals surface area contributed by atoms with Crippen molar-refractivity contribution >= 4 is 28.7 Å². The summed E-state index contributed by atoms with van der Waals surface area (Å²) in [6.07, 6.45) is 2.58. The van der Waals surface area contributed by atoms with Crippen LogP contribution in [0.2, 0.25) is 0 Å². The van der Waals surface area contributed by atoms with Crippen molar-refractivity contribution in [2.45, 2.75) is 13.5 Å². The number of carboxylic acids is 1. The third-order valence-corrected chi connectivity index (χ3v) is 5.29. The van der Waals surface area contributed by atoms with Crippen molar-refractivity contribution in [2.24, 2.45) is 0 Å². The normalized spacial score (nSPS) is 11.0. The smallest absolute Gasteiger partial charge is 0.328 e. The van der Waals surface area contributed by atoms with Gasteiger partial charge >= 0.3 is 5.97 Å². The molecule has 4 aromatic rings. The van der Waals surface area contributed by atoms with Crippen LogP contribution in [0.25, 0.3) is 28.0 Å². The van der Waals surface area contributed by atoms with Crippen molar-refractivity contribution < 1.29 is 14.7 Å². The van der Waals surface area contributed by atoms with Crippen LogP contribution in [0, 0.1) is 6.92 Å². The number of aliphatic carboxylic acids is 1. The second kappa shape index (κ2) is 9.31. The molecule has 4 heteroatoms. The number of hydrogen-bond donors (Lipinski definition) is 2. The third-order valence-electron chi connectivity index (χ3n) is 5.29. The first-order valence-electron chi connectivity index (χ1n) is 10.4. The van der Waals surface area contributed by atoms with Gasteiger partial charge in [0.05, 0.1) is 0 Å². The molecule has 0 aliphatic carbocycles. The van der Waals surface area contributed by atoms with E-state index in [1.54, 1.807) is 6.07 Å². The number of amides is 1. The molecule has 4 nitrogen and oxygen atoms in total. The van der Waals surface area contributed by atoms with Gasteiger partial charge in [-0.2, -0.15) is 0 Å². The molecular formula is C28H23NO3. The summed E-state index contributed by atoms with van der Waals surface area (Å²) in [6, 6.07) is 27.6. The lowest BCUT2D eigenvalue weighted by Crippen LogP contribution is -2.22. The molecule has 4 aromatic carbocycles. The van der Waals surface area contributed by atoms with E-state index < -0.39 is 5.97 Å². The summed E-state index contributed by atoms with van der Waals surface area (Å²) in [7, 11) is 0. The predicted molar refractivity (Wildman–Crippen MR) is 128 cm³/mol. The first-order valence-corrected chi connectivity index (χ1v) is 10.4. The van der Waals surface area contributed by atoms with E-state index >= 15 is 0 Å². The topological polar surface area (TPSA) is 66.4 Å². The average Bonchev–Trinajstić information content (AvgIpc) is 2.81. The first kappa shape index (κ1) is 21.1. The van der Waals surface area contributed by atoms with Gasteiger partial charge < -0.3 is 10.4 Å². The Kier molecular flexibility index (Phi) is 6.13. The maximum Gasteiger partial charge on any atom is 0.328 e. The predicted octanol–water partition coefficient (Wildman–Crippen LogP) is 5.84. The number of aryl methyl sites for hydroxylation is 1. The molecule has 4 rings (SSSR count). The second-order valence-corrected chi connectivity index (χ2v) is 7.75. The maximum absolute atomic E-state index is 12.9. The molecule has 0 saturated carbocycles. The van der Waals surface area contributed by atoms with E-state index in [1.165, 1.54) is 6.08 Å². The zero-order chi connectivity index (χ0) is 22.5. The SMILES string of the molecule is Cc1ccc(CNC(=O)c2cc(/C=C/C(=O)O)cc(-c3ccc4ccccc4c3)c2)cc1. The Labute approximate surface area is 186 Å². The Morgan fingerprint density at radius 2 is 1.59 bits per heavy atom. The van der Waals surface area contributed by atoms with Gasteiger partial charge in [0.15, 0.2) is 0 Å². The van der Waals surface area contributed by atoms with Gasteiger partial charge in [0.2, 0.25) is 0 Å². The highest BCUT2D eigenvalue weighted by Crippen LogP contribution is 2.27. The first-order chi connectivity index (χ1) is 15.5. The minimum Gasteiger partial charge on any atom is -0.478 e. The molecule has 32 heavy (non-hydrogen) atoms. The van der Waals surface area contributed by atoms with E-state index in [1.807, 2.05) is 73.7 Å². The highest BCUT2D eigenvalue weighted by Gasteiger charge is 2.10. The van der Waals surface area contributed by atoms with Gasteiger partial charge in [-0.3, -0.25) is 4.79 Å². The standard InChI is InChI=1S/C28H23NO3/c1-19-6-8-20(9-7-19)18-29-28(32)26-15-21(10-13-27(30)31)14-25(17-26)24-12-11-22-4-2-3-5-23(22)16-24/h2-17H,18H2,1H3,(H,29,32)(H,30,31)/b13-10+. The molecule has 0 aliphatic heterocycles. The Hall–Kier alpha value is -4.18. The van der Waals surface area contributed by atoms with Gasteiger partial charge in [-0.25, -0.2) is 4.79 Å². The maximum atomic E-state index is 12.9. The fraction of sp³-hybridized carbons (Fsp3) is 0.0714. The highest BCUT2D eigenvalue weighted by atomic mass is 16.4. The quantitative estimate of drug-likeness (QED) is 0.384.